The van der Waals surface area contributed by atoms with Gasteiger partial charge in [0.1, 0.15) is 19.3 Å². The molecule has 0 aliphatic rings. The molecular weight excluding hydrogens is 1340 g/mol. The molecule has 103 heavy (non-hydrogen) atoms. The summed E-state index contributed by atoms with van der Waals surface area (Å²) in [6, 6.07) is 0. The zero-order valence-corrected chi connectivity index (χ0v) is 69.4. The summed E-state index contributed by atoms with van der Waals surface area (Å²) in [5.74, 6) is -0.550. The van der Waals surface area contributed by atoms with Gasteiger partial charge in [-0.25, -0.2) is 9.13 Å². The van der Waals surface area contributed by atoms with Crippen LogP contribution in [-0.4, -0.2) is 96.7 Å². The van der Waals surface area contributed by atoms with Gasteiger partial charge in [0.25, 0.3) is 0 Å². The standard InChI is InChI=1S/C84H164O17P2/c1-7-10-12-14-16-18-20-22-24-25-26-27-28-30-36-40-44-50-57-63-69-83(88)100-79(72-94-81(86)66-60-54-48-42-38-34-32-31-33-37-41-47-53-59-65-77(6)9-3)74-98-102(90,91)96-70-78(85)71-97-103(92,93)99-75-80(73-95-82(87)67-61-55-51-45-46-52-58-64-76(4)5)101-84(89)68-62-56-49-43-39-35-29-23-21-19-17-15-13-11-8-2/h76-80,85H,7-75H2,1-6H3,(H,90,91)(H,92,93)/t77?,78-,79-,80-/m1/s1. The van der Waals surface area contributed by atoms with Crippen molar-refractivity contribution in [2.45, 2.75) is 464 Å². The Hall–Kier alpha value is -1.94. The highest BCUT2D eigenvalue weighted by Crippen LogP contribution is 2.45. The van der Waals surface area contributed by atoms with E-state index in [1.807, 2.05) is 0 Å². The topological polar surface area (TPSA) is 237 Å². The van der Waals surface area contributed by atoms with Gasteiger partial charge in [-0.3, -0.25) is 37.3 Å². The molecule has 0 aromatic heterocycles. The summed E-state index contributed by atoms with van der Waals surface area (Å²) >= 11 is 0. The number of esters is 4. The average molecular weight is 1510 g/mol. The van der Waals surface area contributed by atoms with Crippen LogP contribution in [0.1, 0.15) is 446 Å². The smallest absolute Gasteiger partial charge is 0.462 e. The van der Waals surface area contributed by atoms with Crippen molar-refractivity contribution >= 4 is 39.5 Å². The second-order valence-electron chi connectivity index (χ2n) is 30.9. The van der Waals surface area contributed by atoms with Crippen molar-refractivity contribution in [2.75, 3.05) is 39.6 Å². The van der Waals surface area contributed by atoms with E-state index in [2.05, 4.69) is 41.5 Å². The van der Waals surface area contributed by atoms with Crippen LogP contribution in [0.15, 0.2) is 0 Å². The van der Waals surface area contributed by atoms with Crippen molar-refractivity contribution in [1.29, 1.82) is 0 Å². The molecule has 612 valence electrons. The van der Waals surface area contributed by atoms with E-state index in [0.717, 1.165) is 102 Å². The summed E-state index contributed by atoms with van der Waals surface area (Å²) in [6.07, 6.45) is 66.7. The fourth-order valence-electron chi connectivity index (χ4n) is 13.0. The third-order valence-electron chi connectivity index (χ3n) is 20.1. The molecule has 0 aliphatic carbocycles. The van der Waals surface area contributed by atoms with Gasteiger partial charge in [0.2, 0.25) is 0 Å². The molecule has 0 radical (unpaired) electrons. The maximum Gasteiger partial charge on any atom is 0.472 e. The Balaban J connectivity index is 5.23. The van der Waals surface area contributed by atoms with Crippen LogP contribution in [0.25, 0.3) is 0 Å². The van der Waals surface area contributed by atoms with Crippen LogP contribution in [0.5, 0.6) is 0 Å². The minimum absolute atomic E-state index is 0.108. The summed E-state index contributed by atoms with van der Waals surface area (Å²) in [4.78, 5) is 73.1. The van der Waals surface area contributed by atoms with Gasteiger partial charge in [-0.1, -0.05) is 395 Å². The Morgan fingerprint density at radius 1 is 0.282 bits per heavy atom. The molecule has 0 spiro atoms. The van der Waals surface area contributed by atoms with Crippen molar-refractivity contribution in [3.63, 3.8) is 0 Å². The van der Waals surface area contributed by atoms with E-state index in [1.165, 1.54) is 257 Å². The fourth-order valence-corrected chi connectivity index (χ4v) is 14.6. The SMILES string of the molecule is CCCCCCCCCCCCCCCCCCCCCCC(=O)O[C@H](COC(=O)CCCCCCCCCCCCCCCCC(C)CC)COP(=O)(O)OC[C@@H](O)COP(=O)(O)OC[C@@H](COC(=O)CCCCCCCCCC(C)C)OC(=O)CCCCCCCCCCCCCCCCC. The Morgan fingerprint density at radius 2 is 0.495 bits per heavy atom. The number of carbonyl (C=O) groups is 4. The van der Waals surface area contributed by atoms with Gasteiger partial charge in [0.05, 0.1) is 26.4 Å². The normalized spacial score (nSPS) is 14.1. The number of rotatable bonds is 83. The molecule has 3 unspecified atom stereocenters. The van der Waals surface area contributed by atoms with E-state index in [1.54, 1.807) is 0 Å². The van der Waals surface area contributed by atoms with Crippen LogP contribution in [0.4, 0.5) is 0 Å². The van der Waals surface area contributed by atoms with Gasteiger partial charge in [0.15, 0.2) is 12.2 Å². The van der Waals surface area contributed by atoms with Crippen molar-refractivity contribution in [1.82, 2.24) is 0 Å². The van der Waals surface area contributed by atoms with Crippen molar-refractivity contribution in [3.8, 4) is 0 Å². The van der Waals surface area contributed by atoms with E-state index in [0.29, 0.717) is 31.6 Å². The molecule has 0 heterocycles. The third-order valence-corrected chi connectivity index (χ3v) is 22.0. The molecule has 0 fully saturated rings. The second kappa shape index (κ2) is 75.5. The molecule has 6 atom stereocenters. The highest BCUT2D eigenvalue weighted by atomic mass is 31.2. The Bertz CT molecular complexity index is 1980. The molecule has 0 amide bonds. The maximum atomic E-state index is 13.1. The molecule has 0 rings (SSSR count). The quantitative estimate of drug-likeness (QED) is 0.0222. The van der Waals surface area contributed by atoms with E-state index in [-0.39, 0.29) is 25.7 Å². The summed E-state index contributed by atoms with van der Waals surface area (Å²) in [5, 5.41) is 10.7. The fraction of sp³-hybridized carbons (Fsp3) is 0.952. The lowest BCUT2D eigenvalue weighted by atomic mass is 9.99. The van der Waals surface area contributed by atoms with Crippen LogP contribution in [0, 0.1) is 11.8 Å². The highest BCUT2D eigenvalue weighted by molar-refractivity contribution is 7.47. The van der Waals surface area contributed by atoms with Crippen LogP contribution in [-0.2, 0) is 65.4 Å². The van der Waals surface area contributed by atoms with Crippen LogP contribution in [0.2, 0.25) is 0 Å². The summed E-state index contributed by atoms with van der Waals surface area (Å²) in [6.45, 7) is 9.66. The maximum absolute atomic E-state index is 13.1. The minimum Gasteiger partial charge on any atom is -0.462 e. The number of unbranched alkanes of at least 4 members (excludes halogenated alkanes) is 52. The predicted octanol–water partition coefficient (Wildman–Crippen LogP) is 25.5. The molecule has 0 aromatic rings. The number of hydrogen-bond donors (Lipinski definition) is 3. The Kier molecular flexibility index (Phi) is 74.1. The Morgan fingerprint density at radius 3 is 0.738 bits per heavy atom. The first-order valence-electron chi connectivity index (χ1n) is 43.5. The number of aliphatic hydroxyl groups is 1. The van der Waals surface area contributed by atoms with E-state index in [9.17, 15) is 43.2 Å². The molecule has 0 saturated heterocycles. The number of hydrogen-bond acceptors (Lipinski definition) is 15. The number of ether oxygens (including phenoxy) is 4. The van der Waals surface area contributed by atoms with Gasteiger partial charge in [-0.05, 0) is 37.5 Å². The van der Waals surface area contributed by atoms with Crippen molar-refractivity contribution < 1.29 is 80.2 Å². The first kappa shape index (κ1) is 101. The van der Waals surface area contributed by atoms with Crippen LogP contribution < -0.4 is 0 Å². The van der Waals surface area contributed by atoms with Gasteiger partial charge in [-0.15, -0.1) is 0 Å². The van der Waals surface area contributed by atoms with Crippen LogP contribution in [0.3, 0.4) is 0 Å². The summed E-state index contributed by atoms with van der Waals surface area (Å²) in [7, 11) is -9.92. The average Bonchev–Trinajstić information content (AvgIpc) is 0.911. The number of phosphoric ester groups is 2. The van der Waals surface area contributed by atoms with Crippen molar-refractivity contribution in [3.05, 3.63) is 0 Å². The zero-order valence-electron chi connectivity index (χ0n) is 67.6. The van der Waals surface area contributed by atoms with Gasteiger partial charge in [-0.2, -0.15) is 0 Å². The number of aliphatic hydroxyl groups excluding tert-OH is 1. The lowest BCUT2D eigenvalue weighted by molar-refractivity contribution is -0.161. The molecule has 0 bridgehead atoms. The number of carbonyl (C=O) groups excluding carboxylic acids is 4. The van der Waals surface area contributed by atoms with Gasteiger partial charge >= 0.3 is 39.5 Å². The van der Waals surface area contributed by atoms with Crippen molar-refractivity contribution in [2.24, 2.45) is 11.8 Å². The minimum atomic E-state index is -4.96. The molecular formula is C84H164O17P2. The Labute approximate surface area is 632 Å². The zero-order chi connectivity index (χ0) is 75.6. The molecule has 19 heteroatoms. The third kappa shape index (κ3) is 76.6. The van der Waals surface area contributed by atoms with E-state index in [4.69, 9.17) is 37.0 Å². The lowest BCUT2D eigenvalue weighted by Gasteiger charge is -2.21. The number of phosphoric acid groups is 2. The van der Waals surface area contributed by atoms with E-state index >= 15 is 0 Å². The molecule has 0 saturated carbocycles. The summed E-state index contributed by atoms with van der Waals surface area (Å²) < 4.78 is 68.8. The highest BCUT2D eigenvalue weighted by Gasteiger charge is 2.30. The molecule has 3 N–H and O–H groups in total. The monoisotopic (exact) mass is 1510 g/mol. The summed E-state index contributed by atoms with van der Waals surface area (Å²) in [5.41, 5.74) is 0. The van der Waals surface area contributed by atoms with E-state index < -0.39 is 97.5 Å². The largest absolute Gasteiger partial charge is 0.472 e. The lowest BCUT2D eigenvalue weighted by Crippen LogP contribution is -2.30. The molecule has 17 nitrogen and oxygen atoms in total. The predicted molar refractivity (Wildman–Crippen MR) is 423 cm³/mol. The first-order valence-corrected chi connectivity index (χ1v) is 46.5. The van der Waals surface area contributed by atoms with Gasteiger partial charge in [0, 0.05) is 25.7 Å². The molecule has 0 aliphatic heterocycles. The van der Waals surface area contributed by atoms with Crippen LogP contribution >= 0.6 is 15.6 Å². The first-order chi connectivity index (χ1) is 49.9. The van der Waals surface area contributed by atoms with Gasteiger partial charge < -0.3 is 33.8 Å². The molecule has 0 aromatic carbocycles. The second-order valence-corrected chi connectivity index (χ2v) is 33.8.